The molecule has 7 rings (SSSR count). The molecule has 2 aromatic carbocycles. The fourth-order valence-corrected chi connectivity index (χ4v) is 6.47. The van der Waals surface area contributed by atoms with E-state index < -0.39 is 0 Å². The Morgan fingerprint density at radius 2 is 1.73 bits per heavy atom. The van der Waals surface area contributed by atoms with Crippen molar-refractivity contribution in [2.45, 2.75) is 45.8 Å². The Morgan fingerprint density at radius 3 is 2.58 bits per heavy atom. The first-order valence-corrected chi connectivity index (χ1v) is 16.8. The molecule has 48 heavy (non-hydrogen) atoms. The Morgan fingerprint density at radius 1 is 0.875 bits per heavy atom. The minimum Gasteiger partial charge on any atom is -0.846 e. The van der Waals surface area contributed by atoms with Crippen LogP contribution in [0, 0.1) is 6.92 Å². The zero-order valence-electron chi connectivity index (χ0n) is 27.4. The number of nitrogens with zero attached hydrogens (tertiary/aromatic N) is 7. The van der Waals surface area contributed by atoms with Crippen LogP contribution in [0.4, 0.5) is 5.95 Å². The van der Waals surface area contributed by atoms with Crippen molar-refractivity contribution in [2.75, 3.05) is 44.7 Å². The number of hydrogen-bond acceptors (Lipinski definition) is 8. The minimum absolute atomic E-state index is 0.165. The van der Waals surface area contributed by atoms with E-state index in [0.717, 1.165) is 92.4 Å². The lowest BCUT2D eigenvalue weighted by Gasteiger charge is -2.26. The Bertz CT molecular complexity index is 2000. The van der Waals surface area contributed by atoms with Crippen LogP contribution >= 0.6 is 0 Å². The maximum atomic E-state index is 12.8. The number of morpholine rings is 1. The molecule has 1 aliphatic rings. The zero-order valence-corrected chi connectivity index (χ0v) is 27.4. The average Bonchev–Trinajstić information content (AvgIpc) is 3.60. The van der Waals surface area contributed by atoms with Crippen molar-refractivity contribution < 1.29 is 19.5 Å². The second-order valence-corrected chi connectivity index (χ2v) is 12.5. The van der Waals surface area contributed by atoms with Gasteiger partial charge in [-0.3, -0.25) is 9.88 Å². The van der Waals surface area contributed by atoms with E-state index in [1.807, 2.05) is 55.7 Å². The van der Waals surface area contributed by atoms with Crippen molar-refractivity contribution in [1.29, 1.82) is 0 Å². The van der Waals surface area contributed by atoms with Crippen LogP contribution in [0.2, 0.25) is 0 Å². The lowest BCUT2D eigenvalue weighted by Crippen LogP contribution is -2.37. The number of fused-ring (bicyclic) bond motifs is 2. The molecule has 0 bridgehead atoms. The first-order valence-electron chi connectivity index (χ1n) is 16.8. The molecule has 6 aromatic rings. The van der Waals surface area contributed by atoms with E-state index in [2.05, 4.69) is 53.6 Å². The minimum atomic E-state index is -0.209. The Hall–Kier alpha value is -5.00. The molecule has 1 aliphatic heterocycles. The summed E-state index contributed by atoms with van der Waals surface area (Å²) in [6.45, 7) is 8.84. The zero-order chi connectivity index (χ0) is 32.9. The highest BCUT2D eigenvalue weighted by Crippen LogP contribution is 2.26. The highest BCUT2D eigenvalue weighted by molar-refractivity contribution is 5.80. The molecule has 0 aliphatic carbocycles. The number of benzene rings is 2. The Balaban J connectivity index is 1.10. The van der Waals surface area contributed by atoms with Gasteiger partial charge in [-0.2, -0.15) is 4.57 Å². The second-order valence-electron chi connectivity index (χ2n) is 12.5. The molecule has 11 nitrogen and oxygen atoms in total. The molecule has 0 spiro atoms. The molecule has 248 valence electrons. The number of ether oxygens (including phenoxy) is 1. The first-order chi connectivity index (χ1) is 23.5. The largest absolute Gasteiger partial charge is 0.846 e. The van der Waals surface area contributed by atoms with E-state index in [4.69, 9.17) is 9.72 Å². The number of nitrogens with one attached hydrogen (secondary N) is 1. The topological polar surface area (TPSA) is 120 Å². The van der Waals surface area contributed by atoms with Crippen LogP contribution in [0.25, 0.3) is 22.1 Å². The van der Waals surface area contributed by atoms with Gasteiger partial charge in [-0.25, -0.2) is 9.97 Å². The van der Waals surface area contributed by atoms with Gasteiger partial charge < -0.3 is 29.4 Å². The molecule has 0 unspecified atom stereocenters. The number of aromatic nitrogens is 6. The van der Waals surface area contributed by atoms with Crippen LogP contribution < -0.4 is 15.0 Å². The normalized spacial score (nSPS) is 13.9. The van der Waals surface area contributed by atoms with Gasteiger partial charge in [0, 0.05) is 43.5 Å². The van der Waals surface area contributed by atoms with Gasteiger partial charge in [0.2, 0.25) is 5.95 Å². The summed E-state index contributed by atoms with van der Waals surface area (Å²) in [5, 5.41) is 27.0. The van der Waals surface area contributed by atoms with Crippen LogP contribution in [0.5, 0.6) is 11.8 Å². The summed E-state index contributed by atoms with van der Waals surface area (Å²) in [6.07, 6.45) is 6.72. The predicted molar refractivity (Wildman–Crippen MR) is 183 cm³/mol. The molecule has 2 N–H and O–H groups in total. The SMILES string of the molecule is Cc1ccc(O)c(Cn2c(NCCCN3CCOCC3)nc3ccc(C[n+]4ccc5c(c4)nc([O-])n5CCCc4ccccc4)cc32)n1. The van der Waals surface area contributed by atoms with Crippen LogP contribution in [0.15, 0.2) is 79.1 Å². The molecule has 0 saturated carbocycles. The number of anilines is 1. The highest BCUT2D eigenvalue weighted by Gasteiger charge is 2.17. The van der Waals surface area contributed by atoms with Gasteiger partial charge in [0.1, 0.15) is 11.4 Å². The number of imidazole rings is 2. The predicted octanol–water partition coefficient (Wildman–Crippen LogP) is 4.02. The lowest BCUT2D eigenvalue weighted by atomic mass is 10.1. The molecule has 4 aromatic heterocycles. The molecule has 1 saturated heterocycles. The molecular weight excluding hydrogens is 604 g/mol. The van der Waals surface area contributed by atoms with E-state index in [1.165, 1.54) is 5.56 Å². The third-order valence-corrected chi connectivity index (χ3v) is 9.02. The highest BCUT2D eigenvalue weighted by atomic mass is 16.5. The van der Waals surface area contributed by atoms with E-state index in [1.54, 1.807) is 10.6 Å². The number of hydrogen-bond donors (Lipinski definition) is 2. The summed E-state index contributed by atoms with van der Waals surface area (Å²) < 4.78 is 11.4. The van der Waals surface area contributed by atoms with Crippen molar-refractivity contribution in [3.05, 3.63) is 102 Å². The standard InChI is InChI=1S/C37H42N8O3/c1-27-10-13-35(46)32(39-27)26-45-34-23-29(11-12-30(34)40-36(45)38-15-6-16-42-19-21-48-22-20-42)24-43-18-14-33-31(25-43)41-37(47)44(33)17-5-9-28-7-3-2-4-8-28/h2-4,7-8,10-14,18,23,25H,5-6,9,15-17,19-22,24,26H2,1H3,(H2-,38,40,41,46,47). The van der Waals surface area contributed by atoms with Gasteiger partial charge in [-0.15, -0.1) is 0 Å². The van der Waals surface area contributed by atoms with Crippen LogP contribution in [0.1, 0.15) is 35.4 Å². The van der Waals surface area contributed by atoms with Gasteiger partial charge in [0.05, 0.1) is 42.3 Å². The maximum Gasteiger partial charge on any atom is 0.204 e. The molecule has 0 amide bonds. The van der Waals surface area contributed by atoms with Crippen molar-refractivity contribution in [3.63, 3.8) is 0 Å². The average molecular weight is 647 g/mol. The van der Waals surface area contributed by atoms with E-state index in [-0.39, 0.29) is 11.8 Å². The fourth-order valence-electron chi connectivity index (χ4n) is 6.47. The van der Waals surface area contributed by atoms with Crippen molar-refractivity contribution >= 4 is 28.0 Å². The van der Waals surface area contributed by atoms with Crippen molar-refractivity contribution in [3.8, 4) is 11.8 Å². The van der Waals surface area contributed by atoms with E-state index in [0.29, 0.717) is 30.8 Å². The molecule has 0 atom stereocenters. The molecule has 1 fully saturated rings. The summed E-state index contributed by atoms with van der Waals surface area (Å²) >= 11 is 0. The van der Waals surface area contributed by atoms with Crippen LogP contribution in [-0.2, 0) is 30.8 Å². The monoisotopic (exact) mass is 646 g/mol. The summed E-state index contributed by atoms with van der Waals surface area (Å²) in [5.74, 6) is 0.916. The maximum absolute atomic E-state index is 12.8. The number of aromatic hydroxyl groups is 1. The fraction of sp³-hybridized carbons (Fsp3) is 0.351. The molecular formula is C37H42N8O3. The Labute approximate surface area is 280 Å². The van der Waals surface area contributed by atoms with E-state index in [9.17, 15) is 10.2 Å². The van der Waals surface area contributed by atoms with Gasteiger partial charge in [-0.1, -0.05) is 36.4 Å². The van der Waals surface area contributed by atoms with Gasteiger partial charge in [0.25, 0.3) is 0 Å². The number of rotatable bonds is 13. The van der Waals surface area contributed by atoms with Gasteiger partial charge >= 0.3 is 0 Å². The molecule has 0 radical (unpaired) electrons. The van der Waals surface area contributed by atoms with E-state index >= 15 is 0 Å². The third-order valence-electron chi connectivity index (χ3n) is 9.02. The van der Waals surface area contributed by atoms with Gasteiger partial charge in [-0.05, 0) is 62.6 Å². The first kappa shape index (κ1) is 31.6. The van der Waals surface area contributed by atoms with Crippen LogP contribution in [0.3, 0.4) is 0 Å². The molecule has 5 heterocycles. The van der Waals surface area contributed by atoms with Crippen molar-refractivity contribution in [1.82, 2.24) is 29.0 Å². The quantitative estimate of drug-likeness (QED) is 0.143. The smallest absolute Gasteiger partial charge is 0.204 e. The van der Waals surface area contributed by atoms with Crippen LogP contribution in [-0.4, -0.2) is 73.5 Å². The Kier molecular flexibility index (Phi) is 9.48. The summed E-state index contributed by atoms with van der Waals surface area (Å²) in [6, 6.07) is 21.9. The summed E-state index contributed by atoms with van der Waals surface area (Å²) in [5.41, 5.74) is 7.17. The number of aryl methyl sites for hydroxylation is 3. The van der Waals surface area contributed by atoms with Gasteiger partial charge in [0.15, 0.2) is 24.5 Å². The summed E-state index contributed by atoms with van der Waals surface area (Å²) in [4.78, 5) is 16.4. The second kappa shape index (κ2) is 14.4. The van der Waals surface area contributed by atoms with Crippen molar-refractivity contribution in [2.24, 2.45) is 0 Å². The lowest BCUT2D eigenvalue weighted by molar-refractivity contribution is -0.687. The number of pyridine rings is 2. The molecule has 11 heteroatoms. The summed E-state index contributed by atoms with van der Waals surface area (Å²) in [7, 11) is 0. The third kappa shape index (κ3) is 7.27.